The summed E-state index contributed by atoms with van der Waals surface area (Å²) in [5.74, 6) is 2.09. The Labute approximate surface area is 134 Å². The predicted molar refractivity (Wildman–Crippen MR) is 82.8 cm³/mol. The second-order valence-corrected chi connectivity index (χ2v) is 5.99. The lowest BCUT2D eigenvalue weighted by Crippen LogP contribution is -2.43. The van der Waals surface area contributed by atoms with Crippen LogP contribution in [0.5, 0.6) is 0 Å². The van der Waals surface area contributed by atoms with Gasteiger partial charge in [0.05, 0.1) is 24.0 Å². The number of hydrogen-bond acceptors (Lipinski definition) is 7. The average molecular weight is 323 g/mol. The van der Waals surface area contributed by atoms with Crippen LogP contribution < -0.4 is 4.90 Å². The van der Waals surface area contributed by atoms with Crippen molar-refractivity contribution in [2.24, 2.45) is 0 Å². The van der Waals surface area contributed by atoms with E-state index in [1.54, 1.807) is 12.4 Å². The van der Waals surface area contributed by atoms with Crippen molar-refractivity contribution < 1.29 is 4.52 Å². The molecule has 0 radical (unpaired) electrons. The van der Waals surface area contributed by atoms with Gasteiger partial charge in [-0.25, -0.2) is 9.97 Å². The van der Waals surface area contributed by atoms with Gasteiger partial charge in [-0.1, -0.05) is 16.8 Å². The van der Waals surface area contributed by atoms with Gasteiger partial charge in [0.1, 0.15) is 0 Å². The van der Waals surface area contributed by atoms with Gasteiger partial charge < -0.3 is 9.42 Å². The molecule has 0 bridgehead atoms. The second kappa shape index (κ2) is 6.58. The van der Waals surface area contributed by atoms with E-state index in [1.165, 1.54) is 0 Å². The molecular formula is C14H19ClN6O. The van der Waals surface area contributed by atoms with Gasteiger partial charge in [0.25, 0.3) is 0 Å². The summed E-state index contributed by atoms with van der Waals surface area (Å²) < 4.78 is 5.01. The van der Waals surface area contributed by atoms with E-state index in [4.69, 9.17) is 16.1 Å². The number of anilines is 1. The van der Waals surface area contributed by atoms with E-state index in [-0.39, 0.29) is 0 Å². The lowest BCUT2D eigenvalue weighted by atomic mass is 10.0. The molecule has 118 valence electrons. The summed E-state index contributed by atoms with van der Waals surface area (Å²) in [4.78, 5) is 17.3. The topological polar surface area (TPSA) is 71.2 Å². The Bertz CT molecular complexity index is 608. The van der Waals surface area contributed by atoms with E-state index in [0.29, 0.717) is 17.0 Å². The molecule has 22 heavy (non-hydrogen) atoms. The van der Waals surface area contributed by atoms with Crippen LogP contribution in [0.4, 0.5) is 5.95 Å². The minimum atomic E-state index is 0.435. The van der Waals surface area contributed by atoms with E-state index in [9.17, 15) is 0 Å². The third kappa shape index (κ3) is 3.53. The Morgan fingerprint density at radius 1 is 1.32 bits per heavy atom. The largest absolute Gasteiger partial charge is 0.341 e. The molecule has 1 fully saturated rings. The minimum Gasteiger partial charge on any atom is -0.341 e. The summed E-state index contributed by atoms with van der Waals surface area (Å²) in [6.07, 6.45) is 5.38. The zero-order valence-electron chi connectivity index (χ0n) is 12.7. The quantitative estimate of drug-likeness (QED) is 0.851. The highest BCUT2D eigenvalue weighted by atomic mass is 35.5. The lowest BCUT2D eigenvalue weighted by molar-refractivity contribution is 0.196. The van der Waals surface area contributed by atoms with Gasteiger partial charge in [0.2, 0.25) is 11.8 Å². The van der Waals surface area contributed by atoms with Crippen molar-refractivity contribution in [1.29, 1.82) is 0 Å². The monoisotopic (exact) mass is 322 g/mol. The number of aromatic nitrogens is 4. The Morgan fingerprint density at radius 3 is 2.59 bits per heavy atom. The first-order chi connectivity index (χ1) is 10.6. The molecule has 3 rings (SSSR count). The number of likely N-dealkylation sites (tertiary alicyclic amines) is 1. The molecule has 0 N–H and O–H groups in total. The molecule has 0 spiro atoms. The Kier molecular flexibility index (Phi) is 4.54. The molecule has 3 heterocycles. The van der Waals surface area contributed by atoms with Crippen molar-refractivity contribution in [3.8, 4) is 0 Å². The molecule has 1 aliphatic heterocycles. The Morgan fingerprint density at radius 2 is 2.00 bits per heavy atom. The van der Waals surface area contributed by atoms with Crippen molar-refractivity contribution in [3.63, 3.8) is 0 Å². The summed E-state index contributed by atoms with van der Waals surface area (Å²) in [6.45, 7) is 4.54. The molecule has 2 aromatic heterocycles. The summed E-state index contributed by atoms with van der Waals surface area (Å²) in [7, 11) is 2.03. The molecular weight excluding hydrogens is 304 g/mol. The molecule has 1 saturated heterocycles. The van der Waals surface area contributed by atoms with Crippen LogP contribution in [0.2, 0.25) is 5.02 Å². The smallest absolute Gasteiger partial charge is 0.225 e. The molecule has 0 unspecified atom stereocenters. The van der Waals surface area contributed by atoms with Gasteiger partial charge in [-0.05, 0) is 12.8 Å². The molecule has 0 atom stereocenters. The highest BCUT2D eigenvalue weighted by Crippen LogP contribution is 2.20. The van der Waals surface area contributed by atoms with Crippen LogP contribution in [0.1, 0.15) is 24.6 Å². The molecule has 0 aromatic carbocycles. The maximum Gasteiger partial charge on any atom is 0.225 e. The maximum atomic E-state index is 5.83. The number of halogens is 1. The zero-order valence-corrected chi connectivity index (χ0v) is 13.5. The minimum absolute atomic E-state index is 0.435. The summed E-state index contributed by atoms with van der Waals surface area (Å²) in [5, 5.41) is 4.51. The fourth-order valence-corrected chi connectivity index (χ4v) is 2.82. The van der Waals surface area contributed by atoms with E-state index in [2.05, 4.69) is 29.9 Å². The van der Waals surface area contributed by atoms with Gasteiger partial charge in [0.15, 0.2) is 5.82 Å². The van der Waals surface area contributed by atoms with Crippen molar-refractivity contribution in [2.75, 3.05) is 25.0 Å². The molecule has 0 aliphatic carbocycles. The Balaban J connectivity index is 1.53. The normalized spacial score (nSPS) is 16.9. The molecule has 0 amide bonds. The van der Waals surface area contributed by atoms with Crippen LogP contribution >= 0.6 is 11.6 Å². The molecule has 2 aromatic rings. The average Bonchev–Trinajstić information content (AvgIpc) is 2.93. The SMILES string of the molecule is Cc1nc(CN2CCC(N(C)c3ncc(Cl)cn3)CC2)no1. The summed E-state index contributed by atoms with van der Waals surface area (Å²) >= 11 is 5.83. The van der Waals surface area contributed by atoms with Gasteiger partial charge >= 0.3 is 0 Å². The molecule has 7 nitrogen and oxygen atoms in total. The fourth-order valence-electron chi connectivity index (χ4n) is 2.72. The predicted octanol–water partition coefficient (Wildman–Crippen LogP) is 1.92. The number of nitrogens with zero attached hydrogens (tertiary/aromatic N) is 6. The molecule has 8 heteroatoms. The van der Waals surface area contributed by atoms with E-state index in [1.807, 2.05) is 14.0 Å². The van der Waals surface area contributed by atoms with E-state index >= 15 is 0 Å². The van der Waals surface area contributed by atoms with Gasteiger partial charge in [-0.2, -0.15) is 4.98 Å². The first-order valence-corrected chi connectivity index (χ1v) is 7.71. The highest BCUT2D eigenvalue weighted by Gasteiger charge is 2.24. The van der Waals surface area contributed by atoms with Crippen molar-refractivity contribution in [3.05, 3.63) is 29.1 Å². The van der Waals surface area contributed by atoms with Crippen LogP contribution in [-0.4, -0.2) is 51.2 Å². The third-order valence-corrected chi connectivity index (χ3v) is 4.16. The maximum absolute atomic E-state index is 5.83. The first kappa shape index (κ1) is 15.2. The van der Waals surface area contributed by atoms with Crippen molar-refractivity contribution >= 4 is 17.5 Å². The van der Waals surface area contributed by atoms with Crippen molar-refractivity contribution in [1.82, 2.24) is 25.0 Å². The number of piperidine rings is 1. The van der Waals surface area contributed by atoms with Gasteiger partial charge in [-0.15, -0.1) is 0 Å². The second-order valence-electron chi connectivity index (χ2n) is 5.55. The van der Waals surface area contributed by atoms with E-state index in [0.717, 1.165) is 44.2 Å². The number of rotatable bonds is 4. The van der Waals surface area contributed by atoms with Crippen molar-refractivity contribution in [2.45, 2.75) is 32.4 Å². The lowest BCUT2D eigenvalue weighted by Gasteiger charge is -2.36. The van der Waals surface area contributed by atoms with Crippen LogP contribution in [0.15, 0.2) is 16.9 Å². The highest BCUT2D eigenvalue weighted by molar-refractivity contribution is 6.30. The van der Waals surface area contributed by atoms with Crippen LogP contribution in [0, 0.1) is 6.92 Å². The van der Waals surface area contributed by atoms with Crippen LogP contribution in [-0.2, 0) is 6.54 Å². The fraction of sp³-hybridized carbons (Fsp3) is 0.571. The van der Waals surface area contributed by atoms with E-state index < -0.39 is 0 Å². The summed E-state index contributed by atoms with van der Waals surface area (Å²) in [5.41, 5.74) is 0. The van der Waals surface area contributed by atoms with Gasteiger partial charge in [0, 0.05) is 33.1 Å². The summed E-state index contributed by atoms with van der Waals surface area (Å²) in [6, 6.07) is 0.435. The third-order valence-electron chi connectivity index (χ3n) is 3.96. The standard InChI is InChI=1S/C14H19ClN6O/c1-10-18-13(19-22-10)9-21-5-3-12(4-6-21)20(2)14-16-7-11(15)8-17-14/h7-8,12H,3-6,9H2,1-2H3. The first-order valence-electron chi connectivity index (χ1n) is 7.34. The van der Waals surface area contributed by atoms with Crippen LogP contribution in [0.3, 0.4) is 0 Å². The molecule has 0 saturated carbocycles. The van der Waals surface area contributed by atoms with Crippen LogP contribution in [0.25, 0.3) is 0 Å². The van der Waals surface area contributed by atoms with Gasteiger partial charge in [-0.3, -0.25) is 4.90 Å². The number of hydrogen-bond donors (Lipinski definition) is 0. The number of aryl methyl sites for hydroxylation is 1. The Hall–Kier alpha value is -1.73. The molecule has 1 aliphatic rings. The zero-order chi connectivity index (χ0) is 15.5.